The van der Waals surface area contributed by atoms with Crippen molar-refractivity contribution in [2.24, 2.45) is 11.8 Å². The summed E-state index contributed by atoms with van der Waals surface area (Å²) in [5.74, 6) is -2.36. The normalized spacial score (nSPS) is 29.9. The monoisotopic (exact) mass is 504 g/mol. The molecule has 182 valence electrons. The lowest BCUT2D eigenvalue weighted by atomic mass is 9.79. The Morgan fingerprint density at radius 2 is 2.29 bits per heavy atom. The van der Waals surface area contributed by atoms with Gasteiger partial charge >= 0.3 is 0 Å². The maximum atomic E-state index is 12.5. The van der Waals surface area contributed by atoms with E-state index >= 15 is 0 Å². The van der Waals surface area contributed by atoms with E-state index in [1.165, 1.54) is 16.7 Å². The Morgan fingerprint density at radius 1 is 1.50 bits per heavy atom. The lowest BCUT2D eigenvalue weighted by molar-refractivity contribution is -0.696. The van der Waals surface area contributed by atoms with E-state index in [0.717, 1.165) is 22.7 Å². The van der Waals surface area contributed by atoms with Crippen LogP contribution < -0.4 is 15.0 Å². The van der Waals surface area contributed by atoms with Gasteiger partial charge in [0.05, 0.1) is 41.2 Å². The lowest BCUT2D eigenvalue weighted by Gasteiger charge is -2.47. The number of imidazole rings is 1. The summed E-state index contributed by atoms with van der Waals surface area (Å²) in [4.78, 5) is 28.6. The Bertz CT molecular complexity index is 1150. The van der Waals surface area contributed by atoms with Gasteiger partial charge in [-0.05, 0) is 19.4 Å². The standard InChI is InChI=1S/C23H28N4O5S2/c1-12-19-18(13(2)29)22(30)27(19)20(23(31)32)21(12)34-16-7-14(24-8-16)3-4-15-9-26-11-25(5-6-28)10-17(26)33-15/h3-4,9-14,16,18-19,24,28-29H,5-8H2,1-2H3/b4-3-/t12-,13-,14-,16+,18-,19-/m1/s1. The summed E-state index contributed by atoms with van der Waals surface area (Å²) in [5.41, 5.74) is -0.0174. The molecule has 1 amide bonds. The van der Waals surface area contributed by atoms with Crippen LogP contribution in [0, 0.1) is 11.8 Å². The molecular formula is C23H28N4O5S2. The minimum Gasteiger partial charge on any atom is -0.543 e. The van der Waals surface area contributed by atoms with Gasteiger partial charge < -0.3 is 30.3 Å². The molecule has 9 nitrogen and oxygen atoms in total. The summed E-state index contributed by atoms with van der Waals surface area (Å²) < 4.78 is 4.00. The fraction of sp³-hybridized carbons (Fsp3) is 0.522. The van der Waals surface area contributed by atoms with Crippen molar-refractivity contribution < 1.29 is 29.5 Å². The van der Waals surface area contributed by atoms with Crippen molar-refractivity contribution in [2.45, 2.75) is 50.3 Å². The Morgan fingerprint density at radius 3 is 2.97 bits per heavy atom. The van der Waals surface area contributed by atoms with E-state index in [1.54, 1.807) is 18.3 Å². The van der Waals surface area contributed by atoms with Crippen molar-refractivity contribution in [1.29, 1.82) is 0 Å². The second-order valence-corrected chi connectivity index (χ2v) is 11.6. The number of aliphatic hydroxyl groups excluding tert-OH is 2. The third-order valence-corrected chi connectivity index (χ3v) is 9.38. The molecule has 5 heterocycles. The van der Waals surface area contributed by atoms with Gasteiger partial charge in [-0.2, -0.15) is 4.40 Å². The molecule has 0 aromatic carbocycles. The first kappa shape index (κ1) is 23.6. The second-order valence-electron chi connectivity index (χ2n) is 9.19. The molecule has 34 heavy (non-hydrogen) atoms. The van der Waals surface area contributed by atoms with Crippen molar-refractivity contribution in [3.63, 3.8) is 0 Å². The molecule has 2 fully saturated rings. The van der Waals surface area contributed by atoms with Gasteiger partial charge in [0.15, 0.2) is 0 Å². The quantitative estimate of drug-likeness (QED) is 0.330. The highest BCUT2D eigenvalue weighted by Gasteiger charge is 2.58. The predicted octanol–water partition coefficient (Wildman–Crippen LogP) is -0.423. The molecule has 3 aliphatic heterocycles. The maximum absolute atomic E-state index is 12.5. The highest BCUT2D eigenvalue weighted by atomic mass is 32.2. The zero-order valence-electron chi connectivity index (χ0n) is 19.0. The number of carboxylic acid groups (broad SMARTS) is 1. The van der Waals surface area contributed by atoms with Gasteiger partial charge in [0, 0.05) is 28.7 Å². The summed E-state index contributed by atoms with van der Waals surface area (Å²) in [6.07, 6.45) is 10.3. The zero-order valence-corrected chi connectivity index (χ0v) is 20.6. The van der Waals surface area contributed by atoms with Crippen LogP contribution in [0.4, 0.5) is 0 Å². The van der Waals surface area contributed by atoms with Gasteiger partial charge in [0.25, 0.3) is 0 Å². The highest BCUT2D eigenvalue weighted by molar-refractivity contribution is 8.03. The molecule has 6 atom stereocenters. The highest BCUT2D eigenvalue weighted by Crippen LogP contribution is 2.51. The van der Waals surface area contributed by atoms with Crippen LogP contribution in [-0.2, 0) is 16.1 Å². The van der Waals surface area contributed by atoms with Crippen LogP contribution >= 0.6 is 23.1 Å². The molecule has 2 aromatic heterocycles. The predicted molar refractivity (Wildman–Crippen MR) is 126 cm³/mol. The van der Waals surface area contributed by atoms with E-state index in [9.17, 15) is 19.8 Å². The zero-order chi connectivity index (χ0) is 24.1. The number of aliphatic carboxylic acids is 1. The van der Waals surface area contributed by atoms with E-state index in [-0.39, 0.29) is 41.5 Å². The molecule has 2 saturated heterocycles. The number of fused-ring (bicyclic) bond motifs is 2. The summed E-state index contributed by atoms with van der Waals surface area (Å²) >= 11 is 3.19. The van der Waals surface area contributed by atoms with Crippen LogP contribution in [0.25, 0.3) is 10.9 Å². The number of thioether (sulfide) groups is 1. The number of carboxylic acids is 1. The smallest absolute Gasteiger partial charge is 0.249 e. The van der Waals surface area contributed by atoms with Crippen LogP contribution in [0.15, 0.2) is 35.4 Å². The van der Waals surface area contributed by atoms with E-state index in [2.05, 4.69) is 23.7 Å². The largest absolute Gasteiger partial charge is 0.543 e. The summed E-state index contributed by atoms with van der Waals surface area (Å²) in [7, 11) is 0. The average Bonchev–Trinajstić information content (AvgIpc) is 3.50. The Labute approximate surface area is 205 Å². The van der Waals surface area contributed by atoms with Gasteiger partial charge in [-0.15, -0.1) is 11.8 Å². The number of aromatic nitrogens is 2. The van der Waals surface area contributed by atoms with Gasteiger partial charge in [0.1, 0.15) is 18.9 Å². The molecule has 0 aliphatic carbocycles. The lowest BCUT2D eigenvalue weighted by Crippen LogP contribution is -2.64. The van der Waals surface area contributed by atoms with Crippen LogP contribution in [0.2, 0.25) is 0 Å². The minimum atomic E-state index is -1.33. The molecular weight excluding hydrogens is 476 g/mol. The molecule has 3 N–H and O–H groups in total. The number of hydrogen-bond donors (Lipinski definition) is 3. The Kier molecular flexibility index (Phi) is 6.32. The van der Waals surface area contributed by atoms with Gasteiger partial charge in [-0.1, -0.05) is 24.3 Å². The number of rotatable bonds is 8. The second kappa shape index (κ2) is 9.12. The van der Waals surface area contributed by atoms with Crippen molar-refractivity contribution in [3.8, 4) is 0 Å². The number of carbonyl (C=O) groups is 2. The number of nitrogens with zero attached hydrogens (tertiary/aromatic N) is 3. The minimum absolute atomic E-state index is 0.0174. The van der Waals surface area contributed by atoms with Crippen LogP contribution in [-0.4, -0.2) is 68.0 Å². The van der Waals surface area contributed by atoms with Crippen molar-refractivity contribution >= 4 is 45.9 Å². The van der Waals surface area contributed by atoms with E-state index in [0.29, 0.717) is 11.4 Å². The average molecular weight is 505 g/mol. The molecule has 3 aliphatic rings. The third kappa shape index (κ3) is 3.99. The summed E-state index contributed by atoms with van der Waals surface area (Å²) in [6, 6.07) is -0.140. The molecule has 0 unspecified atom stereocenters. The van der Waals surface area contributed by atoms with Gasteiger partial charge in [-0.3, -0.25) is 4.79 Å². The molecule has 0 radical (unpaired) electrons. The molecule has 11 heteroatoms. The number of amides is 1. The van der Waals surface area contributed by atoms with Crippen LogP contribution in [0.1, 0.15) is 25.1 Å². The summed E-state index contributed by atoms with van der Waals surface area (Å²) in [6.45, 7) is 4.93. The van der Waals surface area contributed by atoms with Crippen LogP contribution in [0.5, 0.6) is 0 Å². The molecule has 0 spiro atoms. The van der Waals surface area contributed by atoms with Crippen molar-refractivity contribution in [2.75, 3.05) is 13.2 Å². The number of hydrogen-bond acceptors (Lipinski definition) is 8. The van der Waals surface area contributed by atoms with E-state index < -0.39 is 18.0 Å². The van der Waals surface area contributed by atoms with Crippen LogP contribution in [0.3, 0.4) is 0 Å². The topological polar surface area (TPSA) is 121 Å². The molecule has 5 rings (SSSR count). The number of carbonyl (C=O) groups excluding carboxylic acids is 2. The van der Waals surface area contributed by atoms with E-state index in [1.807, 2.05) is 28.4 Å². The van der Waals surface area contributed by atoms with Gasteiger partial charge in [0.2, 0.25) is 17.1 Å². The fourth-order valence-corrected chi connectivity index (χ4v) is 7.70. The molecule has 0 bridgehead atoms. The number of aliphatic hydroxyl groups is 2. The van der Waals surface area contributed by atoms with E-state index in [4.69, 9.17) is 5.11 Å². The SMILES string of the molecule is C[C@@H](O)[C@H]1C(=O)N2C(C(=O)[O-])=C(S[C@@H]3CN[C@H](/C=C\c4cn5c[n+](CCO)cc5s4)C3)[C@H](C)[C@H]12. The fourth-order valence-electron chi connectivity index (χ4n) is 5.26. The molecule has 2 aromatic rings. The first-order valence-electron chi connectivity index (χ1n) is 11.4. The van der Waals surface area contributed by atoms with Crippen molar-refractivity contribution in [1.82, 2.24) is 14.6 Å². The molecule has 0 saturated carbocycles. The van der Waals surface area contributed by atoms with Gasteiger partial charge in [-0.25, -0.2) is 4.57 Å². The number of β-lactam (4-membered cyclic amide) rings is 1. The summed E-state index contributed by atoms with van der Waals surface area (Å²) in [5, 5.41) is 34.6. The van der Waals surface area contributed by atoms with Crippen molar-refractivity contribution in [3.05, 3.63) is 40.3 Å². The number of thiazole rings is 1. The third-order valence-electron chi connectivity index (χ3n) is 6.86. The first-order valence-corrected chi connectivity index (χ1v) is 13.1. The number of nitrogens with one attached hydrogen (secondary N) is 1. The first-order chi connectivity index (χ1) is 16.3. The Balaban J connectivity index is 1.24. The maximum Gasteiger partial charge on any atom is 0.249 e. The Hall–Kier alpha value is -2.18.